The van der Waals surface area contributed by atoms with E-state index in [2.05, 4.69) is 72.0 Å². The van der Waals surface area contributed by atoms with Gasteiger partial charge in [-0.05, 0) is 68.7 Å². The van der Waals surface area contributed by atoms with Gasteiger partial charge in [-0.2, -0.15) is 0 Å². The molecule has 0 saturated heterocycles. The van der Waals surface area contributed by atoms with Gasteiger partial charge >= 0.3 is 0 Å². The molecule has 4 rings (SSSR count). The van der Waals surface area contributed by atoms with Gasteiger partial charge in [0.1, 0.15) is 0 Å². The lowest BCUT2D eigenvalue weighted by atomic mass is 9.99. The van der Waals surface area contributed by atoms with Crippen molar-refractivity contribution in [2.45, 2.75) is 0 Å². The molecule has 3 N–H and O–H groups in total. The highest BCUT2D eigenvalue weighted by Gasteiger charge is 2.02. The third-order valence-corrected chi connectivity index (χ3v) is 4.13. The Hall–Kier alpha value is -2.58. The van der Waals surface area contributed by atoms with E-state index in [1.54, 1.807) is 0 Å². The van der Waals surface area contributed by atoms with Crippen LogP contribution in [0.25, 0.3) is 32.3 Å². The van der Waals surface area contributed by atoms with Crippen LogP contribution in [0, 0.1) is 0 Å². The van der Waals surface area contributed by atoms with E-state index in [9.17, 15) is 0 Å². The van der Waals surface area contributed by atoms with Crippen LogP contribution in [0.1, 0.15) is 0 Å². The lowest BCUT2D eigenvalue weighted by molar-refractivity contribution is 1.02. The van der Waals surface area contributed by atoms with Crippen molar-refractivity contribution in [2.75, 3.05) is 18.4 Å². The van der Waals surface area contributed by atoms with E-state index in [-0.39, 0.29) is 0 Å². The molecular formula is C20H18N2. The predicted molar refractivity (Wildman–Crippen MR) is 96.5 cm³/mol. The zero-order valence-electron chi connectivity index (χ0n) is 12.3. The van der Waals surface area contributed by atoms with E-state index in [1.807, 2.05) is 0 Å². The van der Waals surface area contributed by atoms with Crippen LogP contribution in [0.15, 0.2) is 66.7 Å². The molecular weight excluding hydrogens is 268 g/mol. The largest absolute Gasteiger partial charge is 0.384 e. The average Bonchev–Trinajstić information content (AvgIpc) is 2.56. The van der Waals surface area contributed by atoms with Crippen molar-refractivity contribution in [3.8, 4) is 0 Å². The second kappa shape index (κ2) is 5.32. The van der Waals surface area contributed by atoms with E-state index in [0.29, 0.717) is 6.54 Å². The van der Waals surface area contributed by atoms with E-state index < -0.39 is 0 Å². The molecule has 22 heavy (non-hydrogen) atoms. The molecule has 0 radical (unpaired) electrons. The highest BCUT2D eigenvalue weighted by atomic mass is 14.9. The average molecular weight is 286 g/mol. The van der Waals surface area contributed by atoms with E-state index >= 15 is 0 Å². The Balaban J connectivity index is 1.91. The Morgan fingerprint density at radius 3 is 1.82 bits per heavy atom. The van der Waals surface area contributed by atoms with Crippen LogP contribution in [0.5, 0.6) is 0 Å². The first-order valence-corrected chi connectivity index (χ1v) is 7.64. The summed E-state index contributed by atoms with van der Waals surface area (Å²) >= 11 is 0. The Morgan fingerprint density at radius 2 is 1.18 bits per heavy atom. The lowest BCUT2D eigenvalue weighted by Crippen LogP contribution is -2.12. The Kier molecular flexibility index (Phi) is 3.17. The van der Waals surface area contributed by atoms with Gasteiger partial charge in [-0.25, -0.2) is 0 Å². The van der Waals surface area contributed by atoms with Crippen LogP contribution in [-0.2, 0) is 0 Å². The van der Waals surface area contributed by atoms with Crippen LogP contribution in [0.2, 0.25) is 0 Å². The Morgan fingerprint density at radius 1 is 0.636 bits per heavy atom. The smallest absolute Gasteiger partial charge is 0.0347 e. The van der Waals surface area contributed by atoms with Crippen LogP contribution in [0.3, 0.4) is 0 Å². The summed E-state index contributed by atoms with van der Waals surface area (Å²) in [5.41, 5.74) is 6.68. The fraction of sp³-hybridized carbons (Fsp3) is 0.100. The van der Waals surface area contributed by atoms with Crippen molar-refractivity contribution in [3.05, 3.63) is 66.7 Å². The van der Waals surface area contributed by atoms with Gasteiger partial charge in [-0.1, -0.05) is 30.3 Å². The van der Waals surface area contributed by atoms with Crippen LogP contribution in [0.4, 0.5) is 5.69 Å². The first kappa shape index (κ1) is 13.1. The van der Waals surface area contributed by atoms with Gasteiger partial charge in [-0.3, -0.25) is 0 Å². The van der Waals surface area contributed by atoms with Crippen molar-refractivity contribution in [1.82, 2.24) is 0 Å². The Bertz CT molecular complexity index is 973. The van der Waals surface area contributed by atoms with Crippen LogP contribution in [-0.4, -0.2) is 13.1 Å². The molecule has 0 fully saturated rings. The van der Waals surface area contributed by atoms with E-state index in [4.69, 9.17) is 5.73 Å². The molecule has 0 aliphatic heterocycles. The van der Waals surface area contributed by atoms with Crippen molar-refractivity contribution < 1.29 is 0 Å². The summed E-state index contributed by atoms with van der Waals surface area (Å²) in [5.74, 6) is 0. The number of hydrogen-bond acceptors (Lipinski definition) is 2. The zero-order chi connectivity index (χ0) is 14.9. The first-order chi connectivity index (χ1) is 10.8. The summed E-state index contributed by atoms with van der Waals surface area (Å²) in [6.07, 6.45) is 0. The number of anilines is 1. The SMILES string of the molecule is NCCNc1ccc2cc3cc4ccccc4cc3cc2c1. The number of nitrogens with two attached hydrogens (primary N) is 1. The number of hydrogen-bond donors (Lipinski definition) is 2. The molecule has 2 nitrogen and oxygen atoms in total. The van der Waals surface area contributed by atoms with Crippen molar-refractivity contribution >= 4 is 38.0 Å². The quantitative estimate of drug-likeness (QED) is 0.543. The second-order valence-corrected chi connectivity index (χ2v) is 5.68. The third-order valence-electron chi connectivity index (χ3n) is 4.13. The standard InChI is InChI=1S/C20H18N2/c21-7-8-22-20-6-5-16-11-17-9-14-3-1-2-4-15(14)10-18(17)12-19(16)13-20/h1-6,9-13,22H,7-8,21H2. The number of nitrogens with one attached hydrogen (secondary N) is 1. The minimum absolute atomic E-state index is 0.641. The topological polar surface area (TPSA) is 38.0 Å². The van der Waals surface area contributed by atoms with Crippen molar-refractivity contribution in [3.63, 3.8) is 0 Å². The normalized spacial score (nSPS) is 11.3. The highest BCUT2D eigenvalue weighted by Crippen LogP contribution is 2.28. The van der Waals surface area contributed by atoms with E-state index in [0.717, 1.165) is 12.2 Å². The number of rotatable bonds is 3. The monoisotopic (exact) mass is 286 g/mol. The Labute approximate surface area is 129 Å². The highest BCUT2D eigenvalue weighted by molar-refractivity contribution is 6.05. The summed E-state index contributed by atoms with van der Waals surface area (Å²) in [7, 11) is 0. The summed E-state index contributed by atoms with van der Waals surface area (Å²) in [5, 5.41) is 11.0. The van der Waals surface area contributed by atoms with Crippen LogP contribution >= 0.6 is 0 Å². The van der Waals surface area contributed by atoms with Gasteiger partial charge in [0.15, 0.2) is 0 Å². The predicted octanol–water partition coefficient (Wildman–Crippen LogP) is 4.52. The number of fused-ring (bicyclic) bond motifs is 3. The minimum Gasteiger partial charge on any atom is -0.384 e. The van der Waals surface area contributed by atoms with Gasteiger partial charge in [-0.15, -0.1) is 0 Å². The van der Waals surface area contributed by atoms with Crippen molar-refractivity contribution in [1.29, 1.82) is 0 Å². The molecule has 0 spiro atoms. The molecule has 0 aliphatic carbocycles. The molecule has 0 bridgehead atoms. The molecule has 2 heteroatoms. The lowest BCUT2D eigenvalue weighted by Gasteiger charge is -2.08. The summed E-state index contributed by atoms with van der Waals surface area (Å²) in [6.45, 7) is 1.44. The molecule has 0 aliphatic rings. The van der Waals surface area contributed by atoms with Gasteiger partial charge < -0.3 is 11.1 Å². The molecule has 0 aromatic heterocycles. The summed E-state index contributed by atoms with van der Waals surface area (Å²) in [6, 6.07) is 24.1. The van der Waals surface area contributed by atoms with Gasteiger partial charge in [0, 0.05) is 18.8 Å². The maximum atomic E-state index is 5.55. The third kappa shape index (κ3) is 2.28. The minimum atomic E-state index is 0.641. The molecule has 0 amide bonds. The molecule has 0 heterocycles. The fourth-order valence-corrected chi connectivity index (χ4v) is 3.02. The van der Waals surface area contributed by atoms with Gasteiger partial charge in [0.2, 0.25) is 0 Å². The second-order valence-electron chi connectivity index (χ2n) is 5.68. The maximum absolute atomic E-state index is 5.55. The summed E-state index contributed by atoms with van der Waals surface area (Å²) < 4.78 is 0. The van der Waals surface area contributed by atoms with Gasteiger partial charge in [0.25, 0.3) is 0 Å². The fourth-order valence-electron chi connectivity index (χ4n) is 3.02. The molecule has 0 unspecified atom stereocenters. The molecule has 0 atom stereocenters. The zero-order valence-corrected chi connectivity index (χ0v) is 12.3. The first-order valence-electron chi connectivity index (χ1n) is 7.64. The summed E-state index contributed by atoms with van der Waals surface area (Å²) in [4.78, 5) is 0. The molecule has 0 saturated carbocycles. The van der Waals surface area contributed by atoms with E-state index in [1.165, 1.54) is 32.3 Å². The molecule has 4 aromatic carbocycles. The molecule has 108 valence electrons. The maximum Gasteiger partial charge on any atom is 0.0347 e. The van der Waals surface area contributed by atoms with Crippen LogP contribution < -0.4 is 11.1 Å². The van der Waals surface area contributed by atoms with Gasteiger partial charge in [0.05, 0.1) is 0 Å². The number of benzene rings is 4. The molecule has 4 aromatic rings. The van der Waals surface area contributed by atoms with Crippen molar-refractivity contribution in [2.24, 2.45) is 5.73 Å².